The second-order valence-corrected chi connectivity index (χ2v) is 4.40. The van der Waals surface area contributed by atoms with E-state index in [2.05, 4.69) is 55.1 Å². The van der Waals surface area contributed by atoms with Gasteiger partial charge in [0.05, 0.1) is 0 Å². The molecule has 2 nitrogen and oxygen atoms in total. The van der Waals surface area contributed by atoms with Crippen molar-refractivity contribution in [3.05, 3.63) is 35.5 Å². The van der Waals surface area contributed by atoms with Crippen LogP contribution < -0.4 is 5.32 Å². The van der Waals surface area contributed by atoms with Crippen LogP contribution in [0.1, 0.15) is 31.0 Å². The summed E-state index contributed by atoms with van der Waals surface area (Å²) in [6, 6.07) is 7.09. The van der Waals surface area contributed by atoms with Crippen molar-refractivity contribution in [3.63, 3.8) is 0 Å². The Kier molecular flexibility index (Phi) is 3.01. The number of rotatable bonds is 3. The van der Waals surface area contributed by atoms with Crippen LogP contribution >= 0.6 is 0 Å². The van der Waals surface area contributed by atoms with Gasteiger partial charge in [0.2, 0.25) is 0 Å². The molecule has 86 valence electrons. The zero-order chi connectivity index (χ0) is 11.7. The molecule has 0 aliphatic heterocycles. The summed E-state index contributed by atoms with van der Waals surface area (Å²) in [5.74, 6) is 0. The fraction of sp³-hybridized carbons (Fsp3) is 0.429. The van der Waals surface area contributed by atoms with E-state index in [0.29, 0.717) is 6.04 Å². The van der Waals surface area contributed by atoms with Crippen molar-refractivity contribution in [2.45, 2.75) is 33.4 Å². The molecule has 1 N–H and O–H groups in total. The largest absolute Gasteiger partial charge is 0.347 e. The summed E-state index contributed by atoms with van der Waals surface area (Å²) in [5, 5.41) is 4.70. The van der Waals surface area contributed by atoms with Gasteiger partial charge in [-0.2, -0.15) is 0 Å². The number of nitrogens with zero attached hydrogens (tertiary/aromatic N) is 1. The molecule has 0 aliphatic carbocycles. The number of hydrogen-bond donors (Lipinski definition) is 1. The SMILES string of the molecule is CCn1cc(C(C)NC)c2cc(C)ccc21. The molecule has 1 atom stereocenters. The summed E-state index contributed by atoms with van der Waals surface area (Å²) in [6.07, 6.45) is 2.27. The van der Waals surface area contributed by atoms with Gasteiger partial charge < -0.3 is 9.88 Å². The second-order valence-electron chi connectivity index (χ2n) is 4.40. The van der Waals surface area contributed by atoms with E-state index < -0.39 is 0 Å². The summed E-state index contributed by atoms with van der Waals surface area (Å²) in [4.78, 5) is 0. The molecule has 1 aromatic carbocycles. The quantitative estimate of drug-likeness (QED) is 0.833. The third-order valence-corrected chi connectivity index (χ3v) is 3.31. The molecule has 2 aromatic rings. The van der Waals surface area contributed by atoms with Crippen LogP contribution in [0.15, 0.2) is 24.4 Å². The molecule has 0 bridgehead atoms. The van der Waals surface area contributed by atoms with Crippen molar-refractivity contribution in [1.29, 1.82) is 0 Å². The third kappa shape index (κ3) is 1.74. The molecule has 1 aromatic heterocycles. The second kappa shape index (κ2) is 4.30. The molecule has 0 fully saturated rings. The van der Waals surface area contributed by atoms with Gasteiger partial charge in [-0.3, -0.25) is 0 Å². The van der Waals surface area contributed by atoms with E-state index >= 15 is 0 Å². The van der Waals surface area contributed by atoms with Gasteiger partial charge in [0.1, 0.15) is 0 Å². The molecular weight excluding hydrogens is 196 g/mol. The van der Waals surface area contributed by atoms with Gasteiger partial charge in [0, 0.05) is 29.7 Å². The van der Waals surface area contributed by atoms with Gasteiger partial charge >= 0.3 is 0 Å². The minimum atomic E-state index is 0.400. The van der Waals surface area contributed by atoms with E-state index in [1.54, 1.807) is 0 Å². The molecule has 16 heavy (non-hydrogen) atoms. The topological polar surface area (TPSA) is 17.0 Å². The minimum absolute atomic E-state index is 0.400. The van der Waals surface area contributed by atoms with Crippen molar-refractivity contribution in [3.8, 4) is 0 Å². The van der Waals surface area contributed by atoms with Crippen LogP contribution in [0.4, 0.5) is 0 Å². The van der Waals surface area contributed by atoms with E-state index in [1.807, 2.05) is 7.05 Å². The van der Waals surface area contributed by atoms with Crippen molar-refractivity contribution in [1.82, 2.24) is 9.88 Å². The van der Waals surface area contributed by atoms with Gasteiger partial charge in [0.15, 0.2) is 0 Å². The zero-order valence-electron chi connectivity index (χ0n) is 10.5. The number of benzene rings is 1. The molecule has 0 spiro atoms. The fourth-order valence-electron chi connectivity index (χ4n) is 2.20. The van der Waals surface area contributed by atoms with Crippen LogP contribution in [0.25, 0.3) is 10.9 Å². The molecule has 1 heterocycles. The van der Waals surface area contributed by atoms with Crippen molar-refractivity contribution in [2.24, 2.45) is 0 Å². The monoisotopic (exact) mass is 216 g/mol. The third-order valence-electron chi connectivity index (χ3n) is 3.31. The summed E-state index contributed by atoms with van der Waals surface area (Å²) >= 11 is 0. The average Bonchev–Trinajstić information content (AvgIpc) is 2.66. The first-order valence-corrected chi connectivity index (χ1v) is 5.94. The lowest BCUT2D eigenvalue weighted by atomic mass is 10.1. The fourth-order valence-corrected chi connectivity index (χ4v) is 2.20. The Labute approximate surface area is 97.3 Å². The van der Waals surface area contributed by atoms with Crippen molar-refractivity contribution in [2.75, 3.05) is 7.05 Å². The van der Waals surface area contributed by atoms with Crippen LogP contribution in [0, 0.1) is 6.92 Å². The number of nitrogens with one attached hydrogen (secondary N) is 1. The molecule has 2 heteroatoms. The summed E-state index contributed by atoms with van der Waals surface area (Å²) in [7, 11) is 2.01. The van der Waals surface area contributed by atoms with Gasteiger partial charge in [-0.15, -0.1) is 0 Å². The number of fused-ring (bicyclic) bond motifs is 1. The Balaban J connectivity index is 2.68. The highest BCUT2D eigenvalue weighted by Crippen LogP contribution is 2.27. The number of hydrogen-bond acceptors (Lipinski definition) is 1. The normalized spacial score (nSPS) is 13.2. The van der Waals surface area contributed by atoms with Gasteiger partial charge in [-0.05, 0) is 45.5 Å². The van der Waals surface area contributed by atoms with Crippen LogP contribution in [-0.4, -0.2) is 11.6 Å². The first-order valence-electron chi connectivity index (χ1n) is 5.94. The maximum Gasteiger partial charge on any atom is 0.0483 e. The molecule has 2 rings (SSSR count). The Morgan fingerprint density at radius 2 is 2.12 bits per heavy atom. The Morgan fingerprint density at radius 3 is 2.75 bits per heavy atom. The lowest BCUT2D eigenvalue weighted by Gasteiger charge is -2.08. The lowest BCUT2D eigenvalue weighted by molar-refractivity contribution is 0.651. The summed E-state index contributed by atoms with van der Waals surface area (Å²) < 4.78 is 2.32. The maximum absolute atomic E-state index is 3.32. The van der Waals surface area contributed by atoms with Gasteiger partial charge in [-0.1, -0.05) is 11.6 Å². The number of aryl methyl sites for hydroxylation is 2. The first kappa shape index (κ1) is 11.2. The van der Waals surface area contributed by atoms with Gasteiger partial charge in [0.25, 0.3) is 0 Å². The molecule has 0 radical (unpaired) electrons. The Hall–Kier alpha value is -1.28. The molecule has 0 saturated carbocycles. The standard InChI is InChI=1S/C14H20N2/c1-5-16-9-13(11(3)15-4)12-8-10(2)6-7-14(12)16/h6-9,11,15H,5H2,1-4H3. The van der Waals surface area contributed by atoms with E-state index in [9.17, 15) is 0 Å². The Morgan fingerprint density at radius 1 is 1.38 bits per heavy atom. The number of aromatic nitrogens is 1. The molecule has 1 unspecified atom stereocenters. The molecule has 0 saturated heterocycles. The molecule has 0 amide bonds. The van der Waals surface area contributed by atoms with Crippen LogP contribution in [0.2, 0.25) is 0 Å². The maximum atomic E-state index is 3.32. The Bertz CT molecular complexity index is 497. The molecular formula is C14H20N2. The highest BCUT2D eigenvalue weighted by Gasteiger charge is 2.12. The van der Waals surface area contributed by atoms with E-state index in [4.69, 9.17) is 0 Å². The van der Waals surface area contributed by atoms with Crippen LogP contribution in [-0.2, 0) is 6.54 Å². The van der Waals surface area contributed by atoms with E-state index in [0.717, 1.165) is 6.54 Å². The van der Waals surface area contributed by atoms with Crippen LogP contribution in [0.3, 0.4) is 0 Å². The highest BCUT2D eigenvalue weighted by atomic mass is 15.0. The van der Waals surface area contributed by atoms with Gasteiger partial charge in [-0.25, -0.2) is 0 Å². The lowest BCUT2D eigenvalue weighted by Crippen LogP contribution is -2.11. The molecule has 0 aliphatic rings. The highest BCUT2D eigenvalue weighted by molar-refractivity contribution is 5.85. The van der Waals surface area contributed by atoms with E-state index in [-0.39, 0.29) is 0 Å². The smallest absolute Gasteiger partial charge is 0.0483 e. The zero-order valence-corrected chi connectivity index (χ0v) is 10.5. The average molecular weight is 216 g/mol. The first-order chi connectivity index (χ1) is 7.67. The summed E-state index contributed by atoms with van der Waals surface area (Å²) in [6.45, 7) is 7.57. The van der Waals surface area contributed by atoms with E-state index in [1.165, 1.54) is 22.0 Å². The van der Waals surface area contributed by atoms with Crippen molar-refractivity contribution < 1.29 is 0 Å². The summed E-state index contributed by atoms with van der Waals surface area (Å²) in [5.41, 5.74) is 4.05. The predicted molar refractivity (Wildman–Crippen MR) is 69.8 cm³/mol. The predicted octanol–water partition coefficient (Wildman–Crippen LogP) is 3.25. The van der Waals surface area contributed by atoms with Crippen molar-refractivity contribution >= 4 is 10.9 Å². The minimum Gasteiger partial charge on any atom is -0.347 e. The van der Waals surface area contributed by atoms with Crippen LogP contribution in [0.5, 0.6) is 0 Å².